The van der Waals surface area contributed by atoms with Crippen molar-refractivity contribution >= 4 is 12.1 Å². The zero-order chi connectivity index (χ0) is 22.9. The Labute approximate surface area is 193 Å². The fourth-order valence-electron chi connectivity index (χ4n) is 3.71. The van der Waals surface area contributed by atoms with Gasteiger partial charge in [-0.25, -0.2) is 4.68 Å². The maximum Gasteiger partial charge on any atom is 0.251 e. The second kappa shape index (κ2) is 11.0. The molecule has 6 nitrogen and oxygen atoms in total. The molecule has 4 rings (SSSR count). The van der Waals surface area contributed by atoms with Gasteiger partial charge >= 0.3 is 0 Å². The van der Waals surface area contributed by atoms with Crippen molar-refractivity contribution in [1.82, 2.24) is 15.1 Å². The number of amides is 1. The van der Waals surface area contributed by atoms with E-state index in [0.717, 1.165) is 31.4 Å². The van der Waals surface area contributed by atoms with Crippen LogP contribution in [0.3, 0.4) is 0 Å². The molecule has 0 radical (unpaired) electrons. The Bertz CT molecular complexity index is 1220. The number of benzene rings is 2. The van der Waals surface area contributed by atoms with E-state index < -0.39 is 0 Å². The van der Waals surface area contributed by atoms with Crippen LogP contribution in [0.15, 0.2) is 78.2 Å². The smallest absolute Gasteiger partial charge is 0.251 e. The fourth-order valence-corrected chi connectivity index (χ4v) is 3.71. The second-order valence-electron chi connectivity index (χ2n) is 7.89. The Morgan fingerprint density at radius 2 is 2.12 bits per heavy atom. The van der Waals surface area contributed by atoms with Crippen molar-refractivity contribution < 1.29 is 9.90 Å². The highest BCUT2D eigenvalue weighted by Gasteiger charge is 2.11. The van der Waals surface area contributed by atoms with E-state index in [4.69, 9.17) is 0 Å². The van der Waals surface area contributed by atoms with Crippen molar-refractivity contribution in [2.75, 3.05) is 6.54 Å². The highest BCUT2D eigenvalue weighted by Crippen LogP contribution is 2.18. The molecule has 6 heteroatoms. The molecule has 166 valence electrons. The summed E-state index contributed by atoms with van der Waals surface area (Å²) in [6, 6.07) is 14.0. The fraction of sp³-hybridized carbons (Fsp3) is 0.222. The van der Waals surface area contributed by atoms with Crippen molar-refractivity contribution in [2.45, 2.75) is 25.7 Å². The summed E-state index contributed by atoms with van der Waals surface area (Å²) >= 11 is 0. The van der Waals surface area contributed by atoms with E-state index >= 15 is 0 Å². The molecule has 3 aromatic rings. The number of nitrogens with zero attached hydrogens (tertiary/aromatic N) is 3. The lowest BCUT2D eigenvalue weighted by Crippen LogP contribution is -2.25. The van der Waals surface area contributed by atoms with E-state index in [1.165, 1.54) is 0 Å². The Kier molecular flexibility index (Phi) is 7.34. The predicted octanol–water partition coefficient (Wildman–Crippen LogP) is 4.48. The number of nitrogens with one attached hydrogen (secondary N) is 1. The molecule has 2 N–H and O–H groups in total. The molecule has 1 unspecified atom stereocenters. The van der Waals surface area contributed by atoms with Gasteiger partial charge in [0.05, 0.1) is 11.3 Å². The molecular weight excluding hydrogens is 412 g/mol. The van der Waals surface area contributed by atoms with Gasteiger partial charge in [0, 0.05) is 42.5 Å². The molecule has 1 amide bonds. The van der Waals surface area contributed by atoms with E-state index in [1.54, 1.807) is 41.2 Å². The van der Waals surface area contributed by atoms with Crippen molar-refractivity contribution in [1.29, 1.82) is 0 Å². The average Bonchev–Trinajstić information content (AvgIpc) is 3.24. The molecule has 0 bridgehead atoms. The van der Waals surface area contributed by atoms with Gasteiger partial charge in [0.2, 0.25) is 0 Å². The number of carbonyl (C=O) groups is 1. The molecule has 0 saturated heterocycles. The summed E-state index contributed by atoms with van der Waals surface area (Å²) in [5.41, 5.74) is 2.70. The highest BCUT2D eigenvalue weighted by molar-refractivity contribution is 5.95. The van der Waals surface area contributed by atoms with Crippen molar-refractivity contribution in [3.8, 4) is 23.3 Å². The van der Waals surface area contributed by atoms with Gasteiger partial charge in [0.25, 0.3) is 5.91 Å². The number of rotatable bonds is 6. The topological polar surface area (TPSA) is 79.5 Å². The van der Waals surface area contributed by atoms with Crippen LogP contribution in [-0.4, -0.2) is 33.6 Å². The Morgan fingerprint density at radius 3 is 2.97 bits per heavy atom. The summed E-state index contributed by atoms with van der Waals surface area (Å²) in [5, 5.41) is 17.0. The number of allylic oxidation sites excluding steroid dienone is 1. The van der Waals surface area contributed by atoms with Crippen LogP contribution >= 0.6 is 0 Å². The third kappa shape index (κ3) is 6.20. The molecule has 2 aromatic carbocycles. The van der Waals surface area contributed by atoms with Gasteiger partial charge in [-0.3, -0.25) is 9.79 Å². The highest BCUT2D eigenvalue weighted by atomic mass is 16.3. The Morgan fingerprint density at radius 1 is 1.18 bits per heavy atom. The standard InChI is InChI=1S/C27H26N4O2/c32-25-8-1-5-22(19-25)9-10-23-20-24(11-12-26(23)31-18-4-16-30-31)27(33)29-15-3-7-21-6-2-14-28-17-13-21/h1,4-5,8,11-14,16-21,32H,2-3,6-7,15H2,(H,29,33). The van der Waals surface area contributed by atoms with Crippen LogP contribution in [0.25, 0.3) is 5.69 Å². The first-order valence-corrected chi connectivity index (χ1v) is 11.1. The lowest BCUT2D eigenvalue weighted by molar-refractivity contribution is 0.0952. The number of hydrogen-bond donors (Lipinski definition) is 2. The number of hydrogen-bond acceptors (Lipinski definition) is 4. The number of aromatic hydroxyl groups is 1. The van der Waals surface area contributed by atoms with Gasteiger partial charge in [-0.15, -0.1) is 0 Å². The van der Waals surface area contributed by atoms with Crippen molar-refractivity contribution in [3.63, 3.8) is 0 Å². The zero-order valence-electron chi connectivity index (χ0n) is 18.3. The summed E-state index contributed by atoms with van der Waals surface area (Å²) in [6.07, 6.45) is 13.5. The molecule has 0 fully saturated rings. The van der Waals surface area contributed by atoms with Gasteiger partial charge in [-0.05, 0) is 74.1 Å². The van der Waals surface area contributed by atoms with Crippen LogP contribution < -0.4 is 5.32 Å². The Balaban J connectivity index is 1.46. The van der Waals surface area contributed by atoms with Gasteiger partial charge < -0.3 is 10.4 Å². The maximum atomic E-state index is 12.8. The third-order valence-corrected chi connectivity index (χ3v) is 5.45. The molecule has 1 aliphatic rings. The maximum absolute atomic E-state index is 12.8. The van der Waals surface area contributed by atoms with E-state index in [0.29, 0.717) is 29.2 Å². The van der Waals surface area contributed by atoms with Crippen LogP contribution in [0.2, 0.25) is 0 Å². The number of aliphatic imine (C=N–C) groups is 1. The SMILES string of the molecule is O=C(NCCCC1C=CN=CCC1)c1ccc(-n2cccn2)c(C#Cc2cccc(O)c2)c1. The molecule has 33 heavy (non-hydrogen) atoms. The van der Waals surface area contributed by atoms with Crippen LogP contribution in [-0.2, 0) is 0 Å². The van der Waals surface area contributed by atoms with E-state index in [1.807, 2.05) is 36.8 Å². The first-order valence-electron chi connectivity index (χ1n) is 11.1. The van der Waals surface area contributed by atoms with E-state index in [2.05, 4.69) is 33.3 Å². The molecule has 0 aliphatic carbocycles. The van der Waals surface area contributed by atoms with Gasteiger partial charge in [-0.1, -0.05) is 24.0 Å². The van der Waals surface area contributed by atoms with Crippen molar-refractivity contribution in [2.24, 2.45) is 10.9 Å². The minimum atomic E-state index is -0.123. The quantitative estimate of drug-likeness (QED) is 0.440. The molecule has 0 saturated carbocycles. The molecule has 1 atom stereocenters. The lowest BCUT2D eigenvalue weighted by atomic mass is 9.98. The summed E-state index contributed by atoms with van der Waals surface area (Å²) in [6.45, 7) is 0.620. The minimum Gasteiger partial charge on any atom is -0.508 e. The first-order chi connectivity index (χ1) is 16.2. The average molecular weight is 439 g/mol. The summed E-state index contributed by atoms with van der Waals surface area (Å²) in [4.78, 5) is 17.0. The third-order valence-electron chi connectivity index (χ3n) is 5.45. The number of phenolic OH excluding ortho intramolecular Hbond substituents is 1. The molecular formula is C27H26N4O2. The minimum absolute atomic E-state index is 0.123. The second-order valence-corrected chi connectivity index (χ2v) is 7.89. The van der Waals surface area contributed by atoms with E-state index in [9.17, 15) is 9.90 Å². The Hall–Kier alpha value is -4.11. The monoisotopic (exact) mass is 438 g/mol. The van der Waals surface area contributed by atoms with E-state index in [-0.39, 0.29) is 11.7 Å². The number of carbonyl (C=O) groups excluding carboxylic acids is 1. The first kappa shape index (κ1) is 22.1. The molecule has 1 aliphatic heterocycles. The van der Waals surface area contributed by atoms with Crippen LogP contribution in [0, 0.1) is 17.8 Å². The molecule has 2 heterocycles. The van der Waals surface area contributed by atoms with Crippen LogP contribution in [0.5, 0.6) is 5.75 Å². The van der Waals surface area contributed by atoms with Crippen LogP contribution in [0.1, 0.15) is 47.2 Å². The van der Waals surface area contributed by atoms with Crippen molar-refractivity contribution in [3.05, 3.63) is 89.9 Å². The van der Waals surface area contributed by atoms with Gasteiger partial charge in [-0.2, -0.15) is 5.10 Å². The predicted molar refractivity (Wildman–Crippen MR) is 130 cm³/mol. The summed E-state index contributed by atoms with van der Waals surface area (Å²) in [5.74, 6) is 6.75. The summed E-state index contributed by atoms with van der Waals surface area (Å²) in [7, 11) is 0. The van der Waals surface area contributed by atoms with Crippen LogP contribution in [0.4, 0.5) is 0 Å². The number of aromatic nitrogens is 2. The molecule has 1 aromatic heterocycles. The largest absolute Gasteiger partial charge is 0.508 e. The van der Waals surface area contributed by atoms with Gasteiger partial charge in [0.15, 0.2) is 0 Å². The lowest BCUT2D eigenvalue weighted by Gasteiger charge is -2.11. The summed E-state index contributed by atoms with van der Waals surface area (Å²) < 4.78 is 1.72. The normalized spacial score (nSPS) is 14.8. The van der Waals surface area contributed by atoms with Gasteiger partial charge in [0.1, 0.15) is 5.75 Å². The molecule has 0 spiro atoms. The zero-order valence-corrected chi connectivity index (χ0v) is 18.3. The number of phenols is 1.